The summed E-state index contributed by atoms with van der Waals surface area (Å²) in [4.78, 5) is 0. The second-order valence-electron chi connectivity index (χ2n) is 4.33. The van der Waals surface area contributed by atoms with Crippen LogP contribution in [0.4, 0.5) is 11.7 Å². The van der Waals surface area contributed by atoms with Crippen molar-refractivity contribution in [2.45, 2.75) is 0 Å². The molecule has 0 spiro atoms. The van der Waals surface area contributed by atoms with Crippen LogP contribution in [0.5, 0.6) is 5.75 Å². The second kappa shape index (κ2) is 6.39. The summed E-state index contributed by atoms with van der Waals surface area (Å²) in [6, 6.07) is 11.2. The van der Waals surface area contributed by atoms with Gasteiger partial charge in [-0.05, 0) is 52.3 Å². The topological polar surface area (TPSA) is 71.2 Å². The highest BCUT2D eigenvalue weighted by Crippen LogP contribution is 2.38. The van der Waals surface area contributed by atoms with Crippen LogP contribution in [-0.4, -0.2) is 15.3 Å². The summed E-state index contributed by atoms with van der Waals surface area (Å²) in [6.45, 7) is 0. The summed E-state index contributed by atoms with van der Waals surface area (Å²) in [6.07, 6.45) is 0. The van der Waals surface area contributed by atoms with Crippen molar-refractivity contribution in [3.05, 3.63) is 49.8 Å². The molecule has 0 unspecified atom stereocenters. The second-order valence-corrected chi connectivity index (χ2v) is 7.01. The van der Waals surface area contributed by atoms with Gasteiger partial charge in [0.15, 0.2) is 0 Å². The number of hydrogen-bond donors (Lipinski definition) is 2. The monoisotopic (exact) mass is 487 g/mol. The lowest BCUT2D eigenvalue weighted by atomic mass is 10.2. The molecule has 3 rings (SSSR count). The molecular weight excluding hydrogens is 482 g/mol. The minimum atomic E-state index is 0.0436. The van der Waals surface area contributed by atoms with E-state index >= 15 is 0 Å². The zero-order valence-corrected chi connectivity index (χ0v) is 15.6. The molecule has 0 fully saturated rings. The largest absolute Gasteiger partial charge is 0.506 e. The van der Waals surface area contributed by atoms with Crippen LogP contribution in [0.2, 0.25) is 0 Å². The van der Waals surface area contributed by atoms with E-state index in [1.54, 1.807) is 12.1 Å². The molecule has 1 heterocycles. The maximum Gasteiger partial charge on any atom is 0.320 e. The Balaban J connectivity index is 1.89. The van der Waals surface area contributed by atoms with Gasteiger partial charge in [-0.2, -0.15) is 0 Å². The summed E-state index contributed by atoms with van der Waals surface area (Å²) in [5, 5.41) is 21.0. The molecule has 5 nitrogen and oxygen atoms in total. The van der Waals surface area contributed by atoms with Crippen molar-refractivity contribution in [2.24, 2.45) is 0 Å². The fourth-order valence-electron chi connectivity index (χ4n) is 1.77. The lowest BCUT2D eigenvalue weighted by Crippen LogP contribution is -1.89. The Morgan fingerprint density at radius 2 is 1.68 bits per heavy atom. The summed E-state index contributed by atoms with van der Waals surface area (Å²) in [7, 11) is 0. The van der Waals surface area contributed by atoms with Gasteiger partial charge in [0.05, 0.1) is 10.0 Å². The predicted molar refractivity (Wildman–Crippen MR) is 94.2 cm³/mol. The van der Waals surface area contributed by atoms with Crippen molar-refractivity contribution in [3.63, 3.8) is 0 Å². The summed E-state index contributed by atoms with van der Waals surface area (Å²) >= 11 is 10.0. The highest BCUT2D eigenvalue weighted by molar-refractivity contribution is 9.11. The molecule has 0 bridgehead atoms. The predicted octanol–water partition coefficient (Wildman–Crippen LogP) is 5.47. The highest BCUT2D eigenvalue weighted by Gasteiger charge is 2.16. The van der Waals surface area contributed by atoms with E-state index in [0.29, 0.717) is 10.0 Å². The molecule has 112 valence electrons. The van der Waals surface area contributed by atoms with Gasteiger partial charge in [0, 0.05) is 14.6 Å². The maximum atomic E-state index is 10.1. The first-order valence-corrected chi connectivity index (χ1v) is 8.45. The van der Waals surface area contributed by atoms with E-state index in [1.807, 2.05) is 24.3 Å². The average Bonchev–Trinajstić information content (AvgIpc) is 2.93. The molecule has 0 amide bonds. The van der Waals surface area contributed by atoms with Crippen LogP contribution < -0.4 is 5.32 Å². The van der Waals surface area contributed by atoms with E-state index in [4.69, 9.17) is 4.42 Å². The van der Waals surface area contributed by atoms with Crippen LogP contribution in [0.3, 0.4) is 0 Å². The van der Waals surface area contributed by atoms with Gasteiger partial charge in [-0.1, -0.05) is 37.0 Å². The molecule has 3 aromatic rings. The van der Waals surface area contributed by atoms with Crippen LogP contribution in [-0.2, 0) is 0 Å². The van der Waals surface area contributed by atoms with Crippen molar-refractivity contribution >= 4 is 59.5 Å². The minimum absolute atomic E-state index is 0.0436. The number of hydrogen-bond acceptors (Lipinski definition) is 5. The van der Waals surface area contributed by atoms with E-state index in [1.165, 1.54) is 0 Å². The number of benzene rings is 2. The Hall–Kier alpha value is -1.38. The fourth-order valence-corrected chi connectivity index (χ4v) is 3.26. The van der Waals surface area contributed by atoms with Crippen LogP contribution in [0.15, 0.2) is 54.2 Å². The number of nitrogens with zero attached hydrogens (tertiary/aromatic N) is 2. The summed E-state index contributed by atoms with van der Waals surface area (Å²) in [5.41, 5.74) is 1.26. The SMILES string of the molecule is Oc1c(Br)cc(Br)cc1-c1nnc(Nc2ccc(Br)cc2)o1. The van der Waals surface area contributed by atoms with Crippen molar-refractivity contribution < 1.29 is 9.52 Å². The Morgan fingerprint density at radius 3 is 2.41 bits per heavy atom. The third-order valence-electron chi connectivity index (χ3n) is 2.78. The van der Waals surface area contributed by atoms with Gasteiger partial charge in [-0.3, -0.25) is 0 Å². The summed E-state index contributed by atoms with van der Waals surface area (Å²) in [5.74, 6) is 0.265. The molecule has 0 radical (unpaired) electrons. The third kappa shape index (κ3) is 3.34. The third-order valence-corrected chi connectivity index (χ3v) is 4.37. The molecular formula is C14H8Br3N3O2. The van der Waals surface area contributed by atoms with Crippen molar-refractivity contribution in [1.29, 1.82) is 0 Å². The van der Waals surface area contributed by atoms with Crippen LogP contribution in [0, 0.1) is 0 Å². The molecule has 0 atom stereocenters. The number of halogens is 3. The molecule has 0 saturated heterocycles. The van der Waals surface area contributed by atoms with E-state index in [2.05, 4.69) is 63.3 Å². The fraction of sp³-hybridized carbons (Fsp3) is 0. The molecule has 0 aliphatic heterocycles. The number of phenols is 1. The number of nitrogens with one attached hydrogen (secondary N) is 1. The van der Waals surface area contributed by atoms with Gasteiger partial charge >= 0.3 is 6.01 Å². The van der Waals surface area contributed by atoms with Crippen molar-refractivity contribution in [2.75, 3.05) is 5.32 Å². The zero-order chi connectivity index (χ0) is 15.7. The number of aromatic hydroxyl groups is 1. The zero-order valence-electron chi connectivity index (χ0n) is 10.8. The Kier molecular flexibility index (Phi) is 4.51. The van der Waals surface area contributed by atoms with E-state index in [-0.39, 0.29) is 17.7 Å². The van der Waals surface area contributed by atoms with E-state index in [9.17, 15) is 5.11 Å². The molecule has 0 aliphatic rings. The lowest BCUT2D eigenvalue weighted by Gasteiger charge is -2.03. The van der Waals surface area contributed by atoms with Gasteiger partial charge in [0.2, 0.25) is 0 Å². The first-order valence-electron chi connectivity index (χ1n) is 6.07. The first kappa shape index (κ1) is 15.5. The van der Waals surface area contributed by atoms with Gasteiger partial charge in [0.1, 0.15) is 5.75 Å². The van der Waals surface area contributed by atoms with E-state index in [0.717, 1.165) is 14.6 Å². The van der Waals surface area contributed by atoms with Gasteiger partial charge in [-0.15, -0.1) is 5.10 Å². The quantitative estimate of drug-likeness (QED) is 0.510. The molecule has 22 heavy (non-hydrogen) atoms. The number of phenolic OH excluding ortho intramolecular Hbond substituents is 1. The van der Waals surface area contributed by atoms with Crippen LogP contribution in [0.1, 0.15) is 0 Å². The molecule has 2 N–H and O–H groups in total. The smallest absolute Gasteiger partial charge is 0.320 e. The standard InChI is InChI=1S/C14H8Br3N3O2/c15-7-1-3-9(4-2-7)18-14-20-19-13(22-14)10-5-8(16)6-11(17)12(10)21/h1-6,21H,(H,18,20). The number of aromatic nitrogens is 2. The van der Waals surface area contributed by atoms with Crippen LogP contribution >= 0.6 is 47.8 Å². The average molecular weight is 490 g/mol. The minimum Gasteiger partial charge on any atom is -0.506 e. The first-order chi connectivity index (χ1) is 10.5. The Bertz CT molecular complexity index is 819. The Morgan fingerprint density at radius 1 is 0.955 bits per heavy atom. The number of anilines is 2. The van der Waals surface area contributed by atoms with Gasteiger partial charge in [-0.25, -0.2) is 0 Å². The van der Waals surface area contributed by atoms with Crippen LogP contribution in [0.25, 0.3) is 11.5 Å². The molecule has 1 aromatic heterocycles. The maximum absolute atomic E-state index is 10.1. The molecule has 8 heteroatoms. The highest BCUT2D eigenvalue weighted by atomic mass is 79.9. The number of rotatable bonds is 3. The van der Waals surface area contributed by atoms with Gasteiger partial charge in [0.25, 0.3) is 5.89 Å². The molecule has 0 aliphatic carbocycles. The van der Waals surface area contributed by atoms with Crippen molar-refractivity contribution in [3.8, 4) is 17.2 Å². The molecule has 2 aromatic carbocycles. The van der Waals surface area contributed by atoms with Gasteiger partial charge < -0.3 is 14.8 Å². The normalized spacial score (nSPS) is 10.7. The van der Waals surface area contributed by atoms with Crippen molar-refractivity contribution in [1.82, 2.24) is 10.2 Å². The van der Waals surface area contributed by atoms with E-state index < -0.39 is 0 Å². The lowest BCUT2D eigenvalue weighted by molar-refractivity contribution is 0.470. The summed E-state index contributed by atoms with van der Waals surface area (Å²) < 4.78 is 7.85. The Labute approximate surface area is 151 Å². The molecule has 0 saturated carbocycles.